The average Bonchev–Trinajstić information content (AvgIpc) is 3.01. The second-order valence-corrected chi connectivity index (χ2v) is 4.09. The fourth-order valence-electron chi connectivity index (χ4n) is 1.82. The Hall–Kier alpha value is -2.74. The molecule has 0 unspecified atom stereocenters. The molecular weight excluding hydrogens is 276 g/mol. The summed E-state index contributed by atoms with van der Waals surface area (Å²) in [6, 6.07) is 4.46. The molecule has 0 fully saturated rings. The molecular formula is C13H14N4O4. The fraction of sp³-hybridized carbons (Fsp3) is 0.231. The van der Waals surface area contributed by atoms with Crippen LogP contribution in [0.1, 0.15) is 26.4 Å². The van der Waals surface area contributed by atoms with Crippen molar-refractivity contribution in [1.29, 1.82) is 0 Å². The highest BCUT2D eigenvalue weighted by Gasteiger charge is 2.16. The third-order valence-corrected chi connectivity index (χ3v) is 2.83. The summed E-state index contributed by atoms with van der Waals surface area (Å²) in [4.78, 5) is 23.4. The molecule has 1 heterocycles. The number of rotatable bonds is 4. The lowest BCUT2D eigenvalue weighted by Gasteiger charge is -2.09. The monoisotopic (exact) mass is 290 g/mol. The number of aromatic nitrogens is 3. The van der Waals surface area contributed by atoms with Crippen LogP contribution in [0.3, 0.4) is 0 Å². The van der Waals surface area contributed by atoms with E-state index in [0.717, 1.165) is 0 Å². The molecule has 2 aromatic rings. The zero-order valence-corrected chi connectivity index (χ0v) is 11.6. The first-order chi connectivity index (χ1) is 10.1. The predicted octanol–water partition coefficient (Wildman–Crippen LogP) is 0.299. The Morgan fingerprint density at radius 2 is 1.71 bits per heavy atom. The number of methoxy groups -OCH3 is 2. The topological polar surface area (TPSA) is 109 Å². The van der Waals surface area contributed by atoms with Crippen molar-refractivity contribution < 1.29 is 19.1 Å². The minimum Gasteiger partial charge on any atom is -0.465 e. The largest absolute Gasteiger partial charge is 0.465 e. The summed E-state index contributed by atoms with van der Waals surface area (Å²) in [6.07, 6.45) is 1.50. The second kappa shape index (κ2) is 6.14. The van der Waals surface area contributed by atoms with Gasteiger partial charge in [0, 0.05) is 6.54 Å². The van der Waals surface area contributed by atoms with Gasteiger partial charge in [-0.2, -0.15) is 0 Å². The molecule has 1 aromatic heterocycles. The first-order valence-corrected chi connectivity index (χ1v) is 6.02. The maximum Gasteiger partial charge on any atom is 0.337 e. The van der Waals surface area contributed by atoms with Crippen LogP contribution in [-0.4, -0.2) is 41.2 Å². The van der Waals surface area contributed by atoms with Crippen LogP contribution in [0.25, 0.3) is 5.69 Å². The van der Waals surface area contributed by atoms with Crippen molar-refractivity contribution in [1.82, 2.24) is 15.0 Å². The standard InChI is InChI=1S/C13H14N4O4/c1-20-12(18)8-3-9(13(19)21-2)5-10(4-8)17-11(6-14)7-15-16-17/h3-5,7H,6,14H2,1-2H3. The third kappa shape index (κ3) is 2.90. The van der Waals surface area contributed by atoms with E-state index in [2.05, 4.69) is 19.8 Å². The van der Waals surface area contributed by atoms with E-state index in [1.807, 2.05) is 0 Å². The number of benzene rings is 1. The minimum absolute atomic E-state index is 0.203. The molecule has 8 nitrogen and oxygen atoms in total. The Morgan fingerprint density at radius 1 is 1.14 bits per heavy atom. The Morgan fingerprint density at radius 3 is 2.19 bits per heavy atom. The average molecular weight is 290 g/mol. The first-order valence-electron chi connectivity index (χ1n) is 6.02. The van der Waals surface area contributed by atoms with E-state index in [9.17, 15) is 9.59 Å². The van der Waals surface area contributed by atoms with Crippen molar-refractivity contribution in [2.45, 2.75) is 6.54 Å². The number of hydrogen-bond acceptors (Lipinski definition) is 7. The maximum absolute atomic E-state index is 11.7. The summed E-state index contributed by atoms with van der Waals surface area (Å²) in [5, 5.41) is 7.65. The van der Waals surface area contributed by atoms with Gasteiger partial charge in [-0.05, 0) is 18.2 Å². The highest BCUT2D eigenvalue weighted by atomic mass is 16.5. The van der Waals surface area contributed by atoms with Crippen LogP contribution in [0, 0.1) is 0 Å². The quantitative estimate of drug-likeness (QED) is 0.806. The van der Waals surface area contributed by atoms with Crippen LogP contribution in [0.15, 0.2) is 24.4 Å². The lowest BCUT2D eigenvalue weighted by Crippen LogP contribution is -2.11. The molecule has 0 spiro atoms. The van der Waals surface area contributed by atoms with E-state index in [0.29, 0.717) is 11.4 Å². The van der Waals surface area contributed by atoms with E-state index >= 15 is 0 Å². The number of nitrogens with two attached hydrogens (primary N) is 1. The van der Waals surface area contributed by atoms with E-state index in [-0.39, 0.29) is 17.7 Å². The number of carbonyl (C=O) groups excluding carboxylic acids is 2. The maximum atomic E-state index is 11.7. The Labute approximate surface area is 120 Å². The molecule has 0 bridgehead atoms. The molecule has 2 N–H and O–H groups in total. The number of ether oxygens (including phenoxy) is 2. The van der Waals surface area contributed by atoms with Crippen LogP contribution >= 0.6 is 0 Å². The van der Waals surface area contributed by atoms with Gasteiger partial charge in [-0.3, -0.25) is 0 Å². The van der Waals surface area contributed by atoms with Crippen molar-refractivity contribution in [3.05, 3.63) is 41.2 Å². The molecule has 8 heteroatoms. The van der Waals surface area contributed by atoms with Gasteiger partial charge >= 0.3 is 11.9 Å². The highest BCUT2D eigenvalue weighted by Crippen LogP contribution is 2.17. The molecule has 0 aliphatic rings. The summed E-state index contributed by atoms with van der Waals surface area (Å²) in [7, 11) is 2.52. The van der Waals surface area contributed by atoms with Gasteiger partial charge in [0.1, 0.15) is 0 Å². The van der Waals surface area contributed by atoms with Crippen molar-refractivity contribution in [3.8, 4) is 5.69 Å². The number of hydrogen-bond donors (Lipinski definition) is 1. The smallest absolute Gasteiger partial charge is 0.337 e. The molecule has 0 saturated carbocycles. The third-order valence-electron chi connectivity index (χ3n) is 2.83. The van der Waals surface area contributed by atoms with Crippen molar-refractivity contribution in [2.75, 3.05) is 14.2 Å². The Bertz CT molecular complexity index is 646. The van der Waals surface area contributed by atoms with Crippen LogP contribution in [-0.2, 0) is 16.0 Å². The van der Waals surface area contributed by atoms with Gasteiger partial charge in [0.25, 0.3) is 0 Å². The second-order valence-electron chi connectivity index (χ2n) is 4.09. The fourth-order valence-corrected chi connectivity index (χ4v) is 1.82. The summed E-state index contributed by atoms with van der Waals surface area (Å²) in [5.74, 6) is -1.15. The first kappa shape index (κ1) is 14.7. The van der Waals surface area contributed by atoms with Crippen molar-refractivity contribution >= 4 is 11.9 Å². The zero-order chi connectivity index (χ0) is 15.4. The highest BCUT2D eigenvalue weighted by molar-refractivity contribution is 5.96. The number of esters is 2. The molecule has 0 aliphatic carbocycles. The summed E-state index contributed by atoms with van der Waals surface area (Å²) in [5.41, 5.74) is 7.10. The molecule has 0 saturated heterocycles. The van der Waals surface area contributed by atoms with E-state index < -0.39 is 11.9 Å². The number of carbonyl (C=O) groups is 2. The van der Waals surface area contributed by atoms with Gasteiger partial charge < -0.3 is 15.2 Å². The van der Waals surface area contributed by atoms with Gasteiger partial charge in [0.15, 0.2) is 0 Å². The van der Waals surface area contributed by atoms with E-state index in [1.165, 1.54) is 43.3 Å². The van der Waals surface area contributed by atoms with Gasteiger partial charge in [-0.1, -0.05) is 5.21 Å². The molecule has 0 radical (unpaired) electrons. The molecule has 21 heavy (non-hydrogen) atoms. The Balaban J connectivity index is 2.60. The Kier molecular flexibility index (Phi) is 4.29. The molecule has 0 aliphatic heterocycles. The molecule has 0 amide bonds. The van der Waals surface area contributed by atoms with Crippen molar-refractivity contribution in [3.63, 3.8) is 0 Å². The molecule has 2 rings (SSSR count). The van der Waals surface area contributed by atoms with Gasteiger partial charge in [0.2, 0.25) is 0 Å². The molecule has 0 atom stereocenters. The van der Waals surface area contributed by atoms with Gasteiger partial charge in [-0.25, -0.2) is 14.3 Å². The summed E-state index contributed by atoms with van der Waals surface area (Å²) < 4.78 is 10.8. The molecule has 110 valence electrons. The normalized spacial score (nSPS) is 10.2. The van der Waals surface area contributed by atoms with Gasteiger partial charge in [0.05, 0.1) is 42.9 Å². The van der Waals surface area contributed by atoms with Crippen LogP contribution in [0.5, 0.6) is 0 Å². The van der Waals surface area contributed by atoms with E-state index in [1.54, 1.807) is 0 Å². The lowest BCUT2D eigenvalue weighted by molar-refractivity contribution is 0.0599. The van der Waals surface area contributed by atoms with Crippen LogP contribution in [0.2, 0.25) is 0 Å². The SMILES string of the molecule is COC(=O)c1cc(C(=O)OC)cc(-n2nncc2CN)c1. The molecule has 1 aromatic carbocycles. The lowest BCUT2D eigenvalue weighted by atomic mass is 10.1. The van der Waals surface area contributed by atoms with Crippen molar-refractivity contribution in [2.24, 2.45) is 5.73 Å². The zero-order valence-electron chi connectivity index (χ0n) is 11.6. The van der Waals surface area contributed by atoms with E-state index in [4.69, 9.17) is 5.73 Å². The summed E-state index contributed by atoms with van der Waals surface area (Å²) in [6.45, 7) is 0.211. The predicted molar refractivity (Wildman–Crippen MR) is 71.9 cm³/mol. The van der Waals surface area contributed by atoms with Crippen LogP contribution < -0.4 is 5.73 Å². The van der Waals surface area contributed by atoms with Gasteiger partial charge in [-0.15, -0.1) is 5.10 Å². The summed E-state index contributed by atoms with van der Waals surface area (Å²) >= 11 is 0. The van der Waals surface area contributed by atoms with Crippen LogP contribution in [0.4, 0.5) is 0 Å². The minimum atomic E-state index is -0.573. The number of nitrogens with zero attached hydrogens (tertiary/aromatic N) is 3.